The molecule has 2 aromatic rings. The molecule has 13 heteroatoms. The van der Waals surface area contributed by atoms with Gasteiger partial charge in [0.15, 0.2) is 0 Å². The topological polar surface area (TPSA) is 88.7 Å². The first-order chi connectivity index (χ1) is 18.6. The molecule has 2 aliphatic heterocycles. The minimum absolute atomic E-state index is 0.0591. The predicted octanol–water partition coefficient (Wildman–Crippen LogP) is 3.97. The Hall–Kier alpha value is -3.09. The molecule has 2 aliphatic rings. The first kappa shape index (κ1) is 28.9. The zero-order valence-corrected chi connectivity index (χ0v) is 22.0. The van der Waals surface area contributed by atoms with E-state index in [0.717, 1.165) is 13.0 Å². The van der Waals surface area contributed by atoms with Crippen LogP contribution in [0.4, 0.5) is 33.7 Å². The van der Waals surface area contributed by atoms with Gasteiger partial charge in [0, 0.05) is 56.9 Å². The van der Waals surface area contributed by atoms with E-state index in [4.69, 9.17) is 11.6 Å². The van der Waals surface area contributed by atoms with Gasteiger partial charge in [-0.05, 0) is 48.9 Å². The second-order valence-corrected chi connectivity index (χ2v) is 10.1. The third kappa shape index (κ3) is 8.45. The number of piperazine rings is 1. The number of alkyl halides is 3. The number of nitrogens with one attached hydrogen (secondary N) is 4. The number of carbonyl (C=O) groups is 2. The van der Waals surface area contributed by atoms with Crippen molar-refractivity contribution in [3.63, 3.8) is 0 Å². The summed E-state index contributed by atoms with van der Waals surface area (Å²) < 4.78 is 52.5. The normalized spacial score (nSPS) is 18.2. The van der Waals surface area contributed by atoms with Crippen molar-refractivity contribution in [1.29, 1.82) is 0 Å². The predicted molar refractivity (Wildman–Crippen MR) is 142 cm³/mol. The van der Waals surface area contributed by atoms with Crippen LogP contribution < -0.4 is 26.2 Å². The highest BCUT2D eigenvalue weighted by molar-refractivity contribution is 6.31. The lowest BCUT2D eigenvalue weighted by Gasteiger charge is -2.37. The minimum atomic E-state index is -4.20. The van der Waals surface area contributed by atoms with Gasteiger partial charge in [0.2, 0.25) is 0 Å². The summed E-state index contributed by atoms with van der Waals surface area (Å²) in [6.45, 7) is 3.33. The van der Waals surface area contributed by atoms with Gasteiger partial charge in [0.1, 0.15) is 5.82 Å². The fourth-order valence-electron chi connectivity index (χ4n) is 4.61. The second kappa shape index (κ2) is 12.8. The maximum atomic E-state index is 14.9. The molecule has 0 aliphatic carbocycles. The molecule has 0 aromatic heterocycles. The highest BCUT2D eigenvalue weighted by atomic mass is 35.5. The number of amides is 3. The molecule has 0 spiro atoms. The van der Waals surface area contributed by atoms with Crippen molar-refractivity contribution in [3.05, 3.63) is 58.4 Å². The molecule has 2 aromatic carbocycles. The van der Waals surface area contributed by atoms with E-state index in [1.54, 1.807) is 29.2 Å². The Morgan fingerprint density at radius 2 is 1.85 bits per heavy atom. The summed E-state index contributed by atoms with van der Waals surface area (Å²) in [6, 6.07) is 8.72. The number of urea groups is 1. The van der Waals surface area contributed by atoms with Crippen LogP contribution in [0.25, 0.3) is 0 Å². The monoisotopic (exact) mass is 570 g/mol. The van der Waals surface area contributed by atoms with Crippen molar-refractivity contribution in [2.75, 3.05) is 56.0 Å². The maximum absolute atomic E-state index is 14.9. The summed E-state index contributed by atoms with van der Waals surface area (Å²) in [5.41, 5.74) is 1.35. The van der Waals surface area contributed by atoms with E-state index in [1.807, 2.05) is 4.90 Å². The van der Waals surface area contributed by atoms with Crippen LogP contribution in [-0.4, -0.2) is 74.9 Å². The molecule has 39 heavy (non-hydrogen) atoms. The standard InChI is InChI=1S/C26H31ClF4N6O2/c27-18-2-4-22(23(14-18)37-11-9-36(10-12-37)8-6-26(29,30)31)35-24(38)20-3-1-17(13-21(20)28)15-33-25(39)34-19-5-7-32-16-19/h1-4,13-14,19,32H,5-12,15-16H2,(H,35,38)(H2,33,34,39). The number of hydrogen-bond donors (Lipinski definition) is 4. The fraction of sp³-hybridized carbons (Fsp3) is 0.462. The van der Waals surface area contributed by atoms with Crippen molar-refractivity contribution < 1.29 is 27.2 Å². The van der Waals surface area contributed by atoms with Crippen LogP contribution in [-0.2, 0) is 6.54 Å². The van der Waals surface area contributed by atoms with Crippen molar-refractivity contribution in [2.45, 2.75) is 31.6 Å². The van der Waals surface area contributed by atoms with E-state index in [-0.39, 0.29) is 30.7 Å². The van der Waals surface area contributed by atoms with E-state index >= 15 is 0 Å². The molecule has 0 radical (unpaired) electrons. The summed E-state index contributed by atoms with van der Waals surface area (Å²) in [6.07, 6.45) is -4.22. The van der Waals surface area contributed by atoms with Gasteiger partial charge in [-0.1, -0.05) is 17.7 Å². The number of rotatable bonds is 8. The largest absolute Gasteiger partial charge is 0.390 e. The maximum Gasteiger partial charge on any atom is 0.390 e. The number of nitrogens with zero attached hydrogens (tertiary/aromatic N) is 2. The van der Waals surface area contributed by atoms with Gasteiger partial charge < -0.3 is 26.2 Å². The second-order valence-electron chi connectivity index (χ2n) is 9.64. The summed E-state index contributed by atoms with van der Waals surface area (Å²) >= 11 is 6.19. The molecule has 3 amide bonds. The summed E-state index contributed by atoms with van der Waals surface area (Å²) in [5, 5.41) is 11.8. The van der Waals surface area contributed by atoms with Gasteiger partial charge >= 0.3 is 12.2 Å². The Bertz CT molecular complexity index is 1170. The molecular weight excluding hydrogens is 540 g/mol. The van der Waals surface area contributed by atoms with Crippen molar-refractivity contribution in [1.82, 2.24) is 20.9 Å². The molecule has 8 nitrogen and oxygen atoms in total. The summed E-state index contributed by atoms with van der Waals surface area (Å²) in [7, 11) is 0. The van der Waals surface area contributed by atoms with Crippen LogP contribution in [0.3, 0.4) is 0 Å². The Morgan fingerprint density at radius 3 is 2.51 bits per heavy atom. The van der Waals surface area contributed by atoms with Crippen LogP contribution >= 0.6 is 11.6 Å². The lowest BCUT2D eigenvalue weighted by Crippen LogP contribution is -2.47. The summed E-state index contributed by atoms with van der Waals surface area (Å²) in [4.78, 5) is 28.7. The zero-order valence-electron chi connectivity index (χ0n) is 21.2. The molecule has 4 N–H and O–H groups in total. The molecule has 0 bridgehead atoms. The first-order valence-corrected chi connectivity index (χ1v) is 13.1. The lowest BCUT2D eigenvalue weighted by molar-refractivity contribution is -0.138. The van der Waals surface area contributed by atoms with Crippen LogP contribution in [0.15, 0.2) is 36.4 Å². The number of halogens is 5. The Kier molecular flexibility index (Phi) is 9.52. The molecule has 2 saturated heterocycles. The van der Waals surface area contributed by atoms with E-state index in [0.29, 0.717) is 54.7 Å². The fourth-order valence-corrected chi connectivity index (χ4v) is 4.77. The molecule has 1 atom stereocenters. The van der Waals surface area contributed by atoms with Gasteiger partial charge in [0.05, 0.1) is 23.4 Å². The Labute approximate surface area is 229 Å². The van der Waals surface area contributed by atoms with Gasteiger partial charge in [0.25, 0.3) is 5.91 Å². The third-order valence-electron chi connectivity index (χ3n) is 6.76. The van der Waals surface area contributed by atoms with Crippen LogP contribution in [0.2, 0.25) is 5.02 Å². The van der Waals surface area contributed by atoms with Crippen LogP contribution in [0.5, 0.6) is 0 Å². The highest BCUT2D eigenvalue weighted by Crippen LogP contribution is 2.31. The van der Waals surface area contributed by atoms with Gasteiger partial charge in [-0.15, -0.1) is 0 Å². The third-order valence-corrected chi connectivity index (χ3v) is 6.99. The van der Waals surface area contributed by atoms with Crippen molar-refractivity contribution in [2.24, 2.45) is 0 Å². The van der Waals surface area contributed by atoms with Crippen LogP contribution in [0, 0.1) is 5.82 Å². The van der Waals surface area contributed by atoms with Gasteiger partial charge in [-0.25, -0.2) is 9.18 Å². The van der Waals surface area contributed by atoms with E-state index in [2.05, 4.69) is 21.3 Å². The Balaban J connectivity index is 1.35. The number of carbonyl (C=O) groups excluding carboxylic acids is 2. The quantitative estimate of drug-likeness (QED) is 0.361. The van der Waals surface area contributed by atoms with Crippen molar-refractivity contribution in [3.8, 4) is 0 Å². The summed E-state index contributed by atoms with van der Waals surface area (Å²) in [5.74, 6) is -1.40. The van der Waals surface area contributed by atoms with Gasteiger partial charge in [-0.2, -0.15) is 13.2 Å². The number of hydrogen-bond acceptors (Lipinski definition) is 5. The molecule has 4 rings (SSSR count). The average Bonchev–Trinajstić information content (AvgIpc) is 3.40. The number of anilines is 2. The molecule has 0 saturated carbocycles. The van der Waals surface area contributed by atoms with Crippen molar-refractivity contribution >= 4 is 34.9 Å². The SMILES string of the molecule is O=C(NCc1ccc(C(=O)Nc2ccc(Cl)cc2N2CCN(CCC(F)(F)F)CC2)c(F)c1)NC1CCNC1. The highest BCUT2D eigenvalue weighted by Gasteiger charge is 2.29. The smallest absolute Gasteiger partial charge is 0.367 e. The molecule has 212 valence electrons. The average molecular weight is 571 g/mol. The number of benzene rings is 2. The zero-order chi connectivity index (χ0) is 28.0. The van der Waals surface area contributed by atoms with E-state index < -0.39 is 24.3 Å². The minimum Gasteiger partial charge on any atom is -0.367 e. The molecule has 2 heterocycles. The van der Waals surface area contributed by atoms with Crippen LogP contribution in [0.1, 0.15) is 28.8 Å². The molecule has 2 fully saturated rings. The van der Waals surface area contributed by atoms with Gasteiger partial charge in [-0.3, -0.25) is 9.69 Å². The lowest BCUT2D eigenvalue weighted by atomic mass is 10.1. The Morgan fingerprint density at radius 1 is 1.08 bits per heavy atom. The first-order valence-electron chi connectivity index (χ1n) is 12.8. The molecule has 1 unspecified atom stereocenters. The van der Waals surface area contributed by atoms with E-state index in [9.17, 15) is 27.2 Å². The van der Waals surface area contributed by atoms with E-state index in [1.165, 1.54) is 12.1 Å². The molecular formula is C26H31ClF4N6O2.